The minimum Gasteiger partial charge on any atom is -0.307 e. The Morgan fingerprint density at radius 2 is 0.844 bits per heavy atom. The van der Waals surface area contributed by atoms with Crippen molar-refractivity contribution >= 4 is 0 Å². The SMILES string of the molecule is CCCCCCCCCCCC(C1CC(C)(C)NC(C)(C)C1)C1CC(C)(C)NC(C)(C)C1. The van der Waals surface area contributed by atoms with Crippen molar-refractivity contribution in [3.8, 4) is 0 Å². The van der Waals surface area contributed by atoms with E-state index < -0.39 is 0 Å². The largest absolute Gasteiger partial charge is 0.307 e. The van der Waals surface area contributed by atoms with Crippen LogP contribution < -0.4 is 10.6 Å². The second-order valence-electron chi connectivity index (χ2n) is 14.4. The average Bonchev–Trinajstić information content (AvgIpc) is 2.58. The van der Waals surface area contributed by atoms with E-state index in [-0.39, 0.29) is 22.2 Å². The summed E-state index contributed by atoms with van der Waals surface area (Å²) in [5.41, 5.74) is 1.00. The van der Waals surface area contributed by atoms with Gasteiger partial charge in [0.2, 0.25) is 0 Å². The lowest BCUT2D eigenvalue weighted by molar-refractivity contribution is 0.0206. The third-order valence-corrected chi connectivity index (χ3v) is 8.30. The molecular weight excluding hydrogens is 388 g/mol. The number of unbranched alkanes of at least 4 members (excludes halogenated alkanes) is 8. The first-order valence-electron chi connectivity index (χ1n) is 14.3. The van der Waals surface area contributed by atoms with Crippen LogP contribution in [0, 0.1) is 17.8 Å². The fourth-order valence-corrected chi connectivity index (χ4v) is 7.95. The molecule has 32 heavy (non-hydrogen) atoms. The Bertz CT molecular complexity index is 475. The van der Waals surface area contributed by atoms with Crippen LogP contribution in [-0.2, 0) is 0 Å². The first kappa shape index (κ1) is 28.2. The van der Waals surface area contributed by atoms with Crippen LogP contribution in [0.2, 0.25) is 0 Å². The quantitative estimate of drug-likeness (QED) is 0.292. The van der Waals surface area contributed by atoms with Crippen molar-refractivity contribution in [1.29, 1.82) is 0 Å². The van der Waals surface area contributed by atoms with Crippen molar-refractivity contribution in [2.45, 2.75) is 174 Å². The minimum absolute atomic E-state index is 0.251. The summed E-state index contributed by atoms with van der Waals surface area (Å²) < 4.78 is 0. The van der Waals surface area contributed by atoms with E-state index in [0.29, 0.717) is 0 Å². The van der Waals surface area contributed by atoms with E-state index in [1.165, 1.54) is 89.9 Å². The smallest absolute Gasteiger partial charge is 0.0132 e. The molecular formula is C30H60N2. The molecule has 2 fully saturated rings. The Hall–Kier alpha value is -0.0800. The van der Waals surface area contributed by atoms with Crippen LogP contribution in [0.15, 0.2) is 0 Å². The molecule has 2 rings (SSSR count). The fourth-order valence-electron chi connectivity index (χ4n) is 7.95. The van der Waals surface area contributed by atoms with Crippen LogP contribution in [0.25, 0.3) is 0 Å². The lowest BCUT2D eigenvalue weighted by Gasteiger charge is -2.54. The highest BCUT2D eigenvalue weighted by Gasteiger charge is 2.46. The van der Waals surface area contributed by atoms with Crippen molar-refractivity contribution in [2.24, 2.45) is 17.8 Å². The standard InChI is InChI=1S/C30H60N2/c1-10-11-12-13-14-15-16-17-18-19-26(24-20-27(2,3)31-28(4,5)21-24)25-22-29(6,7)32-30(8,9)23-25/h24-26,31-32H,10-23H2,1-9H3. The third-order valence-electron chi connectivity index (χ3n) is 8.30. The molecule has 0 unspecified atom stereocenters. The zero-order valence-electron chi connectivity index (χ0n) is 23.6. The highest BCUT2D eigenvalue weighted by molar-refractivity contribution is 5.03. The van der Waals surface area contributed by atoms with Crippen molar-refractivity contribution in [3.05, 3.63) is 0 Å². The normalized spacial score (nSPS) is 25.3. The van der Waals surface area contributed by atoms with Crippen LogP contribution in [0.5, 0.6) is 0 Å². The Morgan fingerprint density at radius 3 is 1.19 bits per heavy atom. The third kappa shape index (κ3) is 9.65. The summed E-state index contributed by atoms with van der Waals surface area (Å²) in [5.74, 6) is 2.58. The average molecular weight is 449 g/mol. The topological polar surface area (TPSA) is 24.1 Å². The molecule has 0 spiro atoms. The zero-order chi connectivity index (χ0) is 24.0. The molecule has 0 aliphatic carbocycles. The zero-order valence-corrected chi connectivity index (χ0v) is 23.6. The van der Waals surface area contributed by atoms with E-state index in [1.54, 1.807) is 0 Å². The number of hydrogen-bond acceptors (Lipinski definition) is 2. The molecule has 2 aliphatic rings. The molecule has 0 saturated carbocycles. The summed E-state index contributed by atoms with van der Waals surface area (Å²) >= 11 is 0. The molecule has 0 amide bonds. The summed E-state index contributed by atoms with van der Waals surface area (Å²) in [6, 6.07) is 0. The van der Waals surface area contributed by atoms with Gasteiger partial charge < -0.3 is 10.6 Å². The lowest BCUT2D eigenvalue weighted by Crippen LogP contribution is -2.61. The molecule has 190 valence electrons. The van der Waals surface area contributed by atoms with Crippen LogP contribution in [0.3, 0.4) is 0 Å². The molecule has 0 aromatic carbocycles. The van der Waals surface area contributed by atoms with E-state index in [1.807, 2.05) is 0 Å². The van der Waals surface area contributed by atoms with E-state index in [2.05, 4.69) is 72.9 Å². The fraction of sp³-hybridized carbons (Fsp3) is 1.00. The summed E-state index contributed by atoms with van der Waals surface area (Å²) in [6.07, 6.45) is 19.7. The molecule has 0 aromatic heterocycles. The van der Waals surface area contributed by atoms with Gasteiger partial charge >= 0.3 is 0 Å². The van der Waals surface area contributed by atoms with E-state index in [0.717, 1.165) is 17.8 Å². The molecule has 2 nitrogen and oxygen atoms in total. The Balaban J connectivity index is 2.00. The van der Waals surface area contributed by atoms with Gasteiger partial charge in [0.1, 0.15) is 0 Å². The number of piperidine rings is 2. The highest BCUT2D eigenvalue weighted by Crippen LogP contribution is 2.47. The first-order valence-corrected chi connectivity index (χ1v) is 14.3. The molecule has 2 heteroatoms. The van der Waals surface area contributed by atoms with Gasteiger partial charge in [0.05, 0.1) is 0 Å². The molecule has 0 bridgehead atoms. The van der Waals surface area contributed by atoms with E-state index in [4.69, 9.17) is 0 Å². The summed E-state index contributed by atoms with van der Waals surface area (Å²) in [4.78, 5) is 0. The van der Waals surface area contributed by atoms with Crippen molar-refractivity contribution < 1.29 is 0 Å². The van der Waals surface area contributed by atoms with Crippen molar-refractivity contribution in [1.82, 2.24) is 10.6 Å². The maximum Gasteiger partial charge on any atom is 0.0132 e. The highest BCUT2D eigenvalue weighted by atomic mass is 15.1. The van der Waals surface area contributed by atoms with Gasteiger partial charge in [-0.2, -0.15) is 0 Å². The Labute approximate surface area is 202 Å². The van der Waals surface area contributed by atoms with E-state index in [9.17, 15) is 0 Å². The number of hydrogen-bond donors (Lipinski definition) is 2. The van der Waals surface area contributed by atoms with Gasteiger partial charge in [0, 0.05) is 22.2 Å². The van der Waals surface area contributed by atoms with Gasteiger partial charge in [-0.1, -0.05) is 64.7 Å². The second-order valence-corrected chi connectivity index (χ2v) is 14.4. The molecule has 2 N–H and O–H groups in total. The van der Waals surface area contributed by atoms with E-state index >= 15 is 0 Å². The minimum atomic E-state index is 0.251. The molecule has 0 aromatic rings. The second kappa shape index (κ2) is 11.6. The van der Waals surface area contributed by atoms with Gasteiger partial charge in [0.25, 0.3) is 0 Å². The van der Waals surface area contributed by atoms with Gasteiger partial charge in [0.15, 0.2) is 0 Å². The van der Waals surface area contributed by atoms with Gasteiger partial charge in [-0.05, 0) is 105 Å². The van der Waals surface area contributed by atoms with Crippen molar-refractivity contribution in [2.75, 3.05) is 0 Å². The molecule has 0 radical (unpaired) electrons. The number of rotatable bonds is 12. The van der Waals surface area contributed by atoms with Gasteiger partial charge in [-0.25, -0.2) is 0 Å². The maximum atomic E-state index is 3.94. The lowest BCUT2D eigenvalue weighted by atomic mass is 9.61. The van der Waals surface area contributed by atoms with Crippen LogP contribution >= 0.6 is 0 Å². The monoisotopic (exact) mass is 448 g/mol. The van der Waals surface area contributed by atoms with Gasteiger partial charge in [-0.3, -0.25) is 0 Å². The number of nitrogens with one attached hydrogen (secondary N) is 2. The van der Waals surface area contributed by atoms with Crippen LogP contribution in [0.1, 0.15) is 152 Å². The first-order chi connectivity index (χ1) is 14.7. The summed E-state index contributed by atoms with van der Waals surface area (Å²) in [6.45, 7) is 21.8. The summed E-state index contributed by atoms with van der Waals surface area (Å²) in [7, 11) is 0. The molecule has 2 saturated heterocycles. The Morgan fingerprint density at radius 1 is 0.531 bits per heavy atom. The summed E-state index contributed by atoms with van der Waals surface area (Å²) in [5, 5.41) is 7.89. The Kier molecular flexibility index (Phi) is 10.2. The molecule has 0 atom stereocenters. The predicted octanol–water partition coefficient (Wildman–Crippen LogP) is 8.64. The molecule has 2 heterocycles. The van der Waals surface area contributed by atoms with Crippen LogP contribution in [0.4, 0.5) is 0 Å². The molecule has 2 aliphatic heterocycles. The predicted molar refractivity (Wildman–Crippen MR) is 143 cm³/mol. The van der Waals surface area contributed by atoms with Crippen LogP contribution in [-0.4, -0.2) is 22.2 Å². The maximum absolute atomic E-state index is 3.94. The van der Waals surface area contributed by atoms with Crippen molar-refractivity contribution in [3.63, 3.8) is 0 Å². The van der Waals surface area contributed by atoms with Gasteiger partial charge in [-0.15, -0.1) is 0 Å².